The number of nitrogens with one attached hydrogen (secondary N) is 1. The van der Waals surface area contributed by atoms with Gasteiger partial charge < -0.3 is 4.74 Å². The molecule has 0 spiro atoms. The Kier molecular flexibility index (Phi) is 4.83. The zero-order valence-electron chi connectivity index (χ0n) is 12.1. The van der Waals surface area contributed by atoms with E-state index in [9.17, 15) is 8.42 Å². The van der Waals surface area contributed by atoms with Gasteiger partial charge in [-0.2, -0.15) is 0 Å². The van der Waals surface area contributed by atoms with Gasteiger partial charge in [0.25, 0.3) is 0 Å². The standard InChI is InChI=1S/C15H23NO3S/c1-13-11-15(13,12-19-2)20(17,18)16-10-6-9-14-7-4-3-5-8-14/h3-5,7-8,13,16H,6,9-12H2,1-2H3/t13-,15+/m0/s1. The lowest BCUT2D eigenvalue weighted by Gasteiger charge is -2.17. The Morgan fingerprint density at radius 2 is 2.00 bits per heavy atom. The van der Waals surface area contributed by atoms with Gasteiger partial charge in [-0.15, -0.1) is 0 Å². The Morgan fingerprint density at radius 3 is 2.55 bits per heavy atom. The van der Waals surface area contributed by atoms with Gasteiger partial charge in [0.05, 0.1) is 6.61 Å². The van der Waals surface area contributed by atoms with Crippen LogP contribution in [-0.4, -0.2) is 33.4 Å². The van der Waals surface area contributed by atoms with Gasteiger partial charge in [0.15, 0.2) is 0 Å². The fourth-order valence-corrected chi connectivity index (χ4v) is 4.62. The summed E-state index contributed by atoms with van der Waals surface area (Å²) in [4.78, 5) is 0. The maximum atomic E-state index is 12.3. The molecular weight excluding hydrogens is 274 g/mol. The molecule has 1 fully saturated rings. The molecule has 20 heavy (non-hydrogen) atoms. The quantitative estimate of drug-likeness (QED) is 0.746. The van der Waals surface area contributed by atoms with Crippen molar-refractivity contribution in [3.63, 3.8) is 0 Å². The second-order valence-corrected chi connectivity index (χ2v) is 7.70. The van der Waals surface area contributed by atoms with Crippen molar-refractivity contribution in [1.29, 1.82) is 0 Å². The predicted molar refractivity (Wildman–Crippen MR) is 80.1 cm³/mol. The van der Waals surface area contributed by atoms with Gasteiger partial charge in [0, 0.05) is 13.7 Å². The van der Waals surface area contributed by atoms with E-state index in [4.69, 9.17) is 4.74 Å². The van der Waals surface area contributed by atoms with Gasteiger partial charge in [-0.25, -0.2) is 13.1 Å². The molecule has 1 aromatic carbocycles. The van der Waals surface area contributed by atoms with Crippen LogP contribution >= 0.6 is 0 Å². The van der Waals surface area contributed by atoms with Gasteiger partial charge in [0.1, 0.15) is 4.75 Å². The molecule has 112 valence electrons. The second-order valence-electron chi connectivity index (χ2n) is 5.59. The maximum Gasteiger partial charge on any atom is 0.219 e. The summed E-state index contributed by atoms with van der Waals surface area (Å²) in [6.07, 6.45) is 2.38. The molecule has 2 rings (SSSR count). The smallest absolute Gasteiger partial charge is 0.219 e. The van der Waals surface area contributed by atoms with E-state index in [0.717, 1.165) is 12.8 Å². The Balaban J connectivity index is 1.81. The Morgan fingerprint density at radius 1 is 1.35 bits per heavy atom. The van der Waals surface area contributed by atoms with Crippen molar-refractivity contribution < 1.29 is 13.2 Å². The van der Waals surface area contributed by atoms with E-state index in [2.05, 4.69) is 16.9 Å². The Bertz CT molecular complexity index is 529. The summed E-state index contributed by atoms with van der Waals surface area (Å²) < 4.78 is 31.8. The first-order chi connectivity index (χ1) is 9.52. The topological polar surface area (TPSA) is 55.4 Å². The monoisotopic (exact) mass is 297 g/mol. The highest BCUT2D eigenvalue weighted by Crippen LogP contribution is 2.49. The van der Waals surface area contributed by atoms with Gasteiger partial charge in [-0.3, -0.25) is 0 Å². The number of methoxy groups -OCH3 is 1. The molecule has 0 unspecified atom stereocenters. The fourth-order valence-electron chi connectivity index (χ4n) is 2.64. The van der Waals surface area contributed by atoms with E-state index in [1.54, 1.807) is 7.11 Å². The van der Waals surface area contributed by atoms with Crippen LogP contribution in [0.3, 0.4) is 0 Å². The van der Waals surface area contributed by atoms with Crippen LogP contribution in [0.15, 0.2) is 30.3 Å². The zero-order chi connectivity index (χ0) is 14.6. The third-order valence-corrected chi connectivity index (χ3v) is 6.43. The largest absolute Gasteiger partial charge is 0.383 e. The number of hydrogen-bond donors (Lipinski definition) is 1. The van der Waals surface area contributed by atoms with Crippen LogP contribution in [0.2, 0.25) is 0 Å². The number of sulfonamides is 1. The molecule has 0 radical (unpaired) electrons. The summed E-state index contributed by atoms with van der Waals surface area (Å²) in [5, 5.41) is 0. The van der Waals surface area contributed by atoms with Crippen molar-refractivity contribution in [3.05, 3.63) is 35.9 Å². The molecule has 0 aliphatic heterocycles. The molecule has 2 atom stereocenters. The first-order valence-corrected chi connectivity index (χ1v) is 8.52. The lowest BCUT2D eigenvalue weighted by molar-refractivity contribution is 0.188. The molecule has 1 aliphatic rings. The number of ether oxygens (including phenoxy) is 1. The van der Waals surface area contributed by atoms with Crippen LogP contribution in [0, 0.1) is 5.92 Å². The van der Waals surface area contributed by atoms with Crippen molar-refractivity contribution >= 4 is 10.0 Å². The molecule has 0 heterocycles. The van der Waals surface area contributed by atoms with Crippen LogP contribution in [0.5, 0.6) is 0 Å². The minimum atomic E-state index is -3.29. The van der Waals surface area contributed by atoms with Gasteiger partial charge in [-0.05, 0) is 30.7 Å². The molecule has 1 saturated carbocycles. The molecule has 0 bridgehead atoms. The average Bonchev–Trinajstić information content (AvgIpc) is 3.09. The van der Waals surface area contributed by atoms with Crippen molar-refractivity contribution in [3.8, 4) is 0 Å². The van der Waals surface area contributed by atoms with Crippen molar-refractivity contribution in [2.24, 2.45) is 5.92 Å². The van der Waals surface area contributed by atoms with E-state index in [-0.39, 0.29) is 12.5 Å². The summed E-state index contributed by atoms with van der Waals surface area (Å²) in [6, 6.07) is 10.1. The molecule has 0 amide bonds. The lowest BCUT2D eigenvalue weighted by Crippen LogP contribution is -2.40. The molecule has 4 nitrogen and oxygen atoms in total. The van der Waals surface area contributed by atoms with E-state index in [1.807, 2.05) is 25.1 Å². The number of hydrogen-bond acceptors (Lipinski definition) is 3. The maximum absolute atomic E-state index is 12.3. The zero-order valence-corrected chi connectivity index (χ0v) is 12.9. The average molecular weight is 297 g/mol. The third-order valence-electron chi connectivity index (χ3n) is 4.09. The third kappa shape index (κ3) is 3.22. The molecule has 0 saturated heterocycles. The Labute approximate surface area is 121 Å². The van der Waals surface area contributed by atoms with Crippen molar-refractivity contribution in [1.82, 2.24) is 4.72 Å². The SMILES string of the molecule is COC[C@]1(S(=O)(=O)NCCCc2ccccc2)C[C@@H]1C. The highest BCUT2D eigenvalue weighted by atomic mass is 32.2. The summed E-state index contributed by atoms with van der Waals surface area (Å²) in [5.74, 6) is 0.175. The van der Waals surface area contributed by atoms with Crippen molar-refractivity contribution in [2.45, 2.75) is 30.9 Å². The second kappa shape index (κ2) is 6.24. The number of rotatable bonds is 8. The number of benzene rings is 1. The molecule has 0 aromatic heterocycles. The summed E-state index contributed by atoms with van der Waals surface area (Å²) in [7, 11) is -1.74. The van der Waals surface area contributed by atoms with E-state index >= 15 is 0 Å². The highest BCUT2D eigenvalue weighted by Gasteiger charge is 2.61. The predicted octanol–water partition coefficient (Wildman–Crippen LogP) is 1.96. The van der Waals surface area contributed by atoms with Crippen LogP contribution in [0.25, 0.3) is 0 Å². The van der Waals surface area contributed by atoms with Crippen LogP contribution in [0.4, 0.5) is 0 Å². The first kappa shape index (κ1) is 15.5. The van der Waals surface area contributed by atoms with E-state index < -0.39 is 14.8 Å². The molecule has 1 aliphatic carbocycles. The van der Waals surface area contributed by atoms with Crippen LogP contribution < -0.4 is 4.72 Å². The van der Waals surface area contributed by atoms with Gasteiger partial charge in [0.2, 0.25) is 10.0 Å². The van der Waals surface area contributed by atoms with Crippen molar-refractivity contribution in [2.75, 3.05) is 20.3 Å². The van der Waals surface area contributed by atoms with E-state index in [0.29, 0.717) is 13.0 Å². The Hall–Kier alpha value is -0.910. The van der Waals surface area contributed by atoms with E-state index in [1.165, 1.54) is 5.56 Å². The number of aryl methyl sites for hydroxylation is 1. The minimum Gasteiger partial charge on any atom is -0.383 e. The van der Waals surface area contributed by atoms with Gasteiger partial charge >= 0.3 is 0 Å². The summed E-state index contributed by atoms with van der Waals surface area (Å²) >= 11 is 0. The normalized spacial score (nSPS) is 25.6. The lowest BCUT2D eigenvalue weighted by atomic mass is 10.1. The minimum absolute atomic E-state index is 0.175. The van der Waals surface area contributed by atoms with Gasteiger partial charge in [-0.1, -0.05) is 37.3 Å². The fraction of sp³-hybridized carbons (Fsp3) is 0.600. The first-order valence-electron chi connectivity index (χ1n) is 7.04. The molecule has 1 N–H and O–H groups in total. The van der Waals surface area contributed by atoms with Crippen LogP contribution in [-0.2, 0) is 21.2 Å². The van der Waals surface area contributed by atoms with Crippen LogP contribution in [0.1, 0.15) is 25.3 Å². The summed E-state index contributed by atoms with van der Waals surface area (Å²) in [5.41, 5.74) is 1.23. The highest BCUT2D eigenvalue weighted by molar-refractivity contribution is 7.91. The molecule has 5 heteroatoms. The molecule has 1 aromatic rings. The summed E-state index contributed by atoms with van der Waals surface area (Å²) in [6.45, 7) is 2.72. The molecular formula is C15H23NO3S.